The maximum atomic E-state index is 13.5. The number of aliphatic hydroxyl groups is 5. The van der Waals surface area contributed by atoms with Crippen molar-refractivity contribution in [3.8, 4) is 0 Å². The Morgan fingerprint density at radius 2 is 0.742 bits per heavy atom. The van der Waals surface area contributed by atoms with E-state index in [1.807, 2.05) is 6.08 Å². The molecule has 1 saturated heterocycles. The first-order valence-corrected chi connectivity index (χ1v) is 39.7. The summed E-state index contributed by atoms with van der Waals surface area (Å²) in [6, 6.07) is -1.03. The Hall–Kier alpha value is -2.90. The van der Waals surface area contributed by atoms with Crippen molar-refractivity contribution in [1.29, 1.82) is 0 Å². The second-order valence-electron chi connectivity index (χ2n) is 27.4. The van der Waals surface area contributed by atoms with Crippen LogP contribution in [0.5, 0.6) is 0 Å². The second kappa shape index (κ2) is 69.0. The normalized spacial score (nSPS) is 18.2. The van der Waals surface area contributed by atoms with Crippen LogP contribution in [-0.2, 0) is 23.8 Å². The molecule has 0 aromatic heterocycles. The molecule has 0 aromatic carbocycles. The molecule has 0 aliphatic carbocycles. The molecule has 8 unspecified atom stereocenters. The fourth-order valence-corrected chi connectivity index (χ4v) is 12.3. The average molecular weight is 1310 g/mol. The van der Waals surface area contributed by atoms with Crippen LogP contribution < -0.4 is 5.32 Å². The summed E-state index contributed by atoms with van der Waals surface area (Å²) in [5.74, 6) is -1.19. The molecule has 0 saturated carbocycles. The summed E-state index contributed by atoms with van der Waals surface area (Å²) in [6.45, 7) is 5.82. The summed E-state index contributed by atoms with van der Waals surface area (Å²) in [5, 5.41) is 57.5. The Bertz CT molecular complexity index is 1800. The van der Waals surface area contributed by atoms with Crippen LogP contribution in [0.1, 0.15) is 374 Å². The molecule has 0 aromatic rings. The molecule has 6 N–H and O–H groups in total. The summed E-state index contributed by atoms with van der Waals surface area (Å²) in [7, 11) is 0. The van der Waals surface area contributed by atoms with Gasteiger partial charge in [0, 0.05) is 6.42 Å². The van der Waals surface area contributed by atoms with E-state index < -0.39 is 67.4 Å². The van der Waals surface area contributed by atoms with Crippen molar-refractivity contribution < 1.29 is 49.3 Å². The minimum atomic E-state index is -1.62. The third-order valence-corrected chi connectivity index (χ3v) is 18.6. The van der Waals surface area contributed by atoms with Crippen molar-refractivity contribution in [2.45, 2.75) is 423 Å². The molecule has 1 amide bonds. The fraction of sp³-hybridized carbons (Fsp3) is 0.829. The number of unbranched alkanes of at least 4 members (excludes halogenated alkanes) is 45. The number of hydrogen-bond acceptors (Lipinski definition) is 10. The third-order valence-electron chi connectivity index (χ3n) is 18.6. The Morgan fingerprint density at radius 3 is 1.14 bits per heavy atom. The predicted molar refractivity (Wildman–Crippen MR) is 393 cm³/mol. The van der Waals surface area contributed by atoms with E-state index in [1.165, 1.54) is 238 Å². The van der Waals surface area contributed by atoms with Crippen molar-refractivity contribution in [3.05, 3.63) is 72.9 Å². The molecular weight excluding hydrogens is 1160 g/mol. The monoisotopic (exact) mass is 1310 g/mol. The molecule has 0 bridgehead atoms. The second-order valence-corrected chi connectivity index (χ2v) is 27.4. The SMILES string of the molecule is CCCCC/C=C\C/C=C\C/C=C\C/C=C\CCCCCCCCCCCC(=O)OC1C(OCC(NC(=O)C(O)CCCCCCCCCCCCCCCCCC/C=C/CCCCCCCC)C(O)/C=C/CCCCCCCCCCCCC)OC(CO)C(O)C1O. The molecule has 1 aliphatic heterocycles. The van der Waals surface area contributed by atoms with E-state index in [2.05, 4.69) is 86.8 Å². The molecule has 0 spiro atoms. The van der Waals surface area contributed by atoms with Gasteiger partial charge in [0.1, 0.15) is 24.4 Å². The Balaban J connectivity index is 2.52. The number of carbonyl (C=O) groups is 2. The Labute approximate surface area is 572 Å². The molecule has 0 radical (unpaired) electrons. The van der Waals surface area contributed by atoms with Crippen LogP contribution in [0.4, 0.5) is 0 Å². The first-order valence-electron chi connectivity index (χ1n) is 39.7. The lowest BCUT2D eigenvalue weighted by Crippen LogP contribution is -2.61. The summed E-state index contributed by atoms with van der Waals surface area (Å²) in [4.78, 5) is 26.8. The van der Waals surface area contributed by atoms with Crippen LogP contribution in [0, 0.1) is 0 Å². The third kappa shape index (κ3) is 55.8. The van der Waals surface area contributed by atoms with Gasteiger partial charge in [0.05, 0.1) is 25.4 Å². The van der Waals surface area contributed by atoms with E-state index in [0.29, 0.717) is 19.3 Å². The molecule has 11 heteroatoms. The standard InChI is InChI=1S/C82H149NO10/c1-4-7-10-13-16-19-22-25-27-29-31-33-35-37-39-40-42-44-46-48-51-54-57-60-63-66-69-75(86)81(90)83-73(74(85)68-65-62-59-56-53-50-24-21-18-15-12-9-6-3)72-91-82-80(79(89)78(88)76(71-84)92-82)93-77(87)70-67-64-61-58-55-52-49-47-45-43-41-38-36-34-32-30-28-26-23-20-17-14-11-8-5-2/h17,20,25-28,32,34,38,41,65,68,73-76,78-80,82,84-86,88-89H,4-16,18-19,21-24,29-31,33,35-37,39-40,42-64,66-67,69-72H2,1-3H3,(H,83,90)/b20-17-,27-25+,28-26-,34-32-,41-38-,68-65+. The van der Waals surface area contributed by atoms with E-state index >= 15 is 0 Å². The highest BCUT2D eigenvalue weighted by molar-refractivity contribution is 5.80. The highest BCUT2D eigenvalue weighted by Gasteiger charge is 2.47. The van der Waals surface area contributed by atoms with Crippen molar-refractivity contribution in [1.82, 2.24) is 5.32 Å². The lowest BCUT2D eigenvalue weighted by molar-refractivity contribution is -0.305. The van der Waals surface area contributed by atoms with Gasteiger partial charge >= 0.3 is 5.97 Å². The van der Waals surface area contributed by atoms with Crippen molar-refractivity contribution in [3.63, 3.8) is 0 Å². The Kier molecular flexibility index (Phi) is 65.4. The van der Waals surface area contributed by atoms with E-state index in [4.69, 9.17) is 14.2 Å². The van der Waals surface area contributed by atoms with Gasteiger partial charge in [-0.1, -0.05) is 344 Å². The molecule has 1 rings (SSSR count). The predicted octanol–water partition coefficient (Wildman–Crippen LogP) is 21.4. The van der Waals surface area contributed by atoms with Crippen molar-refractivity contribution >= 4 is 11.9 Å². The number of amides is 1. The smallest absolute Gasteiger partial charge is 0.306 e. The highest BCUT2D eigenvalue weighted by atomic mass is 16.7. The number of aliphatic hydroxyl groups excluding tert-OH is 5. The van der Waals surface area contributed by atoms with Gasteiger partial charge in [-0.3, -0.25) is 9.59 Å². The first-order chi connectivity index (χ1) is 45.7. The molecular formula is C82H149NO10. The maximum Gasteiger partial charge on any atom is 0.306 e. The number of nitrogens with one attached hydrogen (secondary N) is 1. The average Bonchev–Trinajstić information content (AvgIpc) is 0.843. The van der Waals surface area contributed by atoms with Gasteiger partial charge in [0.25, 0.3) is 0 Å². The maximum absolute atomic E-state index is 13.5. The minimum Gasteiger partial charge on any atom is -0.454 e. The van der Waals surface area contributed by atoms with Gasteiger partial charge in [-0.05, 0) is 96.3 Å². The lowest BCUT2D eigenvalue weighted by atomic mass is 9.99. The number of ether oxygens (including phenoxy) is 3. The van der Waals surface area contributed by atoms with E-state index in [1.54, 1.807) is 6.08 Å². The van der Waals surface area contributed by atoms with Crippen LogP contribution >= 0.6 is 0 Å². The molecule has 93 heavy (non-hydrogen) atoms. The number of hydrogen-bond donors (Lipinski definition) is 6. The van der Waals surface area contributed by atoms with Crippen molar-refractivity contribution in [2.24, 2.45) is 0 Å². The molecule has 11 nitrogen and oxygen atoms in total. The molecule has 1 fully saturated rings. The largest absolute Gasteiger partial charge is 0.454 e. The van der Waals surface area contributed by atoms with E-state index in [0.717, 1.165) is 89.9 Å². The summed E-state index contributed by atoms with van der Waals surface area (Å²) in [5.41, 5.74) is 0. The Morgan fingerprint density at radius 1 is 0.419 bits per heavy atom. The van der Waals surface area contributed by atoms with Gasteiger partial charge in [0.15, 0.2) is 12.4 Å². The van der Waals surface area contributed by atoms with Crippen LogP contribution in [0.3, 0.4) is 0 Å². The van der Waals surface area contributed by atoms with Gasteiger partial charge in [-0.2, -0.15) is 0 Å². The van der Waals surface area contributed by atoms with Crippen LogP contribution in [0.2, 0.25) is 0 Å². The number of rotatable bonds is 69. The molecule has 542 valence electrons. The topological polar surface area (TPSA) is 175 Å². The molecule has 8 atom stereocenters. The summed E-state index contributed by atoms with van der Waals surface area (Å²) < 4.78 is 17.8. The van der Waals surface area contributed by atoms with Crippen LogP contribution in [0.15, 0.2) is 72.9 Å². The van der Waals surface area contributed by atoms with Gasteiger partial charge in [-0.15, -0.1) is 0 Å². The molecule has 1 heterocycles. The first kappa shape index (κ1) is 88.1. The fourth-order valence-electron chi connectivity index (χ4n) is 12.3. The minimum absolute atomic E-state index is 0.116. The zero-order valence-corrected chi connectivity index (χ0v) is 60.6. The number of allylic oxidation sites excluding steroid dienone is 11. The van der Waals surface area contributed by atoms with Gasteiger partial charge in [0.2, 0.25) is 5.91 Å². The van der Waals surface area contributed by atoms with E-state index in [9.17, 15) is 35.1 Å². The molecule has 1 aliphatic rings. The number of esters is 1. The quantitative estimate of drug-likeness (QED) is 0.0195. The lowest BCUT2D eigenvalue weighted by Gasteiger charge is -2.41. The summed E-state index contributed by atoms with van der Waals surface area (Å²) in [6.07, 6.45) is 80.9. The zero-order chi connectivity index (χ0) is 67.4. The number of carbonyl (C=O) groups excluding carboxylic acids is 2. The van der Waals surface area contributed by atoms with E-state index in [-0.39, 0.29) is 13.0 Å². The van der Waals surface area contributed by atoms with Crippen LogP contribution in [0.25, 0.3) is 0 Å². The highest BCUT2D eigenvalue weighted by Crippen LogP contribution is 2.27. The van der Waals surface area contributed by atoms with Gasteiger partial charge in [-0.25, -0.2) is 0 Å². The summed E-state index contributed by atoms with van der Waals surface area (Å²) >= 11 is 0. The zero-order valence-electron chi connectivity index (χ0n) is 60.6. The van der Waals surface area contributed by atoms with Crippen LogP contribution in [-0.4, -0.2) is 99.6 Å². The van der Waals surface area contributed by atoms with Gasteiger partial charge < -0.3 is 45.1 Å². The van der Waals surface area contributed by atoms with Crippen molar-refractivity contribution in [2.75, 3.05) is 13.2 Å².